The highest BCUT2D eigenvalue weighted by Gasteiger charge is 2.33. The molecule has 0 radical (unpaired) electrons. The van der Waals surface area contributed by atoms with E-state index in [1.54, 1.807) is 12.1 Å². The first-order valence-corrected chi connectivity index (χ1v) is 11.9. The van der Waals surface area contributed by atoms with Crippen LogP contribution in [-0.2, 0) is 22.3 Å². The summed E-state index contributed by atoms with van der Waals surface area (Å²) in [5, 5.41) is 0. The standard InChI is InChI=1S/C27H33F3O4/c1-2-3-4-5-6-7-8-9-14-19-33-25(31)22-16-11-12-17-23(22)26(32)34-20-21-15-10-13-18-24(21)27(28,29)30/h10-13,15-18H,2-9,14,19-20H2,1H3. The largest absolute Gasteiger partial charge is 0.462 e. The van der Waals surface area contributed by atoms with E-state index in [9.17, 15) is 22.8 Å². The number of carbonyl (C=O) groups excluding carboxylic acids is 2. The van der Waals surface area contributed by atoms with Gasteiger partial charge in [0.15, 0.2) is 0 Å². The lowest BCUT2D eigenvalue weighted by atomic mass is 10.1. The molecule has 0 bridgehead atoms. The smallest absolute Gasteiger partial charge is 0.416 e. The Hall–Kier alpha value is -2.83. The monoisotopic (exact) mass is 478 g/mol. The maximum absolute atomic E-state index is 13.1. The predicted octanol–water partition coefficient (Wildman–Crippen LogP) is 7.75. The molecule has 0 saturated carbocycles. The summed E-state index contributed by atoms with van der Waals surface area (Å²) in [4.78, 5) is 25.0. The topological polar surface area (TPSA) is 52.6 Å². The van der Waals surface area contributed by atoms with Crippen molar-refractivity contribution in [3.8, 4) is 0 Å². The average Bonchev–Trinajstić information content (AvgIpc) is 2.83. The molecule has 2 aromatic carbocycles. The van der Waals surface area contributed by atoms with Gasteiger partial charge in [-0.3, -0.25) is 0 Å². The molecule has 0 aliphatic rings. The zero-order valence-corrected chi connectivity index (χ0v) is 19.7. The molecule has 0 unspecified atom stereocenters. The summed E-state index contributed by atoms with van der Waals surface area (Å²) >= 11 is 0. The summed E-state index contributed by atoms with van der Waals surface area (Å²) in [6.45, 7) is 1.88. The fourth-order valence-electron chi connectivity index (χ4n) is 3.64. The Morgan fingerprint density at radius 3 is 1.79 bits per heavy atom. The number of benzene rings is 2. The molecule has 0 heterocycles. The zero-order valence-electron chi connectivity index (χ0n) is 19.7. The molecule has 0 atom stereocenters. The summed E-state index contributed by atoms with van der Waals surface area (Å²) in [7, 11) is 0. The zero-order chi connectivity index (χ0) is 24.8. The second-order valence-electron chi connectivity index (χ2n) is 8.24. The van der Waals surface area contributed by atoms with Crippen LogP contribution in [0.15, 0.2) is 48.5 Å². The van der Waals surface area contributed by atoms with Gasteiger partial charge >= 0.3 is 18.1 Å². The predicted molar refractivity (Wildman–Crippen MR) is 125 cm³/mol. The van der Waals surface area contributed by atoms with Crippen LogP contribution in [0.4, 0.5) is 13.2 Å². The number of alkyl halides is 3. The summed E-state index contributed by atoms with van der Waals surface area (Å²) in [6.07, 6.45) is 5.69. The molecule has 4 nitrogen and oxygen atoms in total. The number of halogens is 3. The number of rotatable bonds is 14. The quantitative estimate of drug-likeness (QED) is 0.206. The maximum atomic E-state index is 13.1. The van der Waals surface area contributed by atoms with Gasteiger partial charge in [0.05, 0.1) is 23.3 Å². The first kappa shape index (κ1) is 27.4. The van der Waals surface area contributed by atoms with Crippen LogP contribution in [0.3, 0.4) is 0 Å². The highest BCUT2D eigenvalue weighted by molar-refractivity contribution is 6.03. The van der Waals surface area contributed by atoms with Crippen molar-refractivity contribution in [3.63, 3.8) is 0 Å². The fourth-order valence-corrected chi connectivity index (χ4v) is 3.64. The van der Waals surface area contributed by atoms with Crippen molar-refractivity contribution in [2.24, 2.45) is 0 Å². The van der Waals surface area contributed by atoms with Gasteiger partial charge < -0.3 is 9.47 Å². The van der Waals surface area contributed by atoms with Gasteiger partial charge in [0.25, 0.3) is 0 Å². The molecule has 0 fully saturated rings. The summed E-state index contributed by atoms with van der Waals surface area (Å²) in [6, 6.07) is 10.9. The third-order valence-electron chi connectivity index (χ3n) is 5.53. The third-order valence-corrected chi connectivity index (χ3v) is 5.53. The van der Waals surface area contributed by atoms with E-state index in [1.807, 2.05) is 0 Å². The SMILES string of the molecule is CCCCCCCCCCCOC(=O)c1ccccc1C(=O)OCc1ccccc1C(F)(F)F. The van der Waals surface area contributed by atoms with E-state index >= 15 is 0 Å². The molecule has 0 aliphatic carbocycles. The first-order valence-electron chi connectivity index (χ1n) is 11.9. The summed E-state index contributed by atoms with van der Waals surface area (Å²) in [5.74, 6) is -1.53. The van der Waals surface area contributed by atoms with Gasteiger partial charge in [-0.05, 0) is 24.6 Å². The third kappa shape index (κ3) is 9.20. The van der Waals surface area contributed by atoms with Crippen LogP contribution in [0.2, 0.25) is 0 Å². The van der Waals surface area contributed by atoms with Crippen molar-refractivity contribution >= 4 is 11.9 Å². The molecule has 186 valence electrons. The van der Waals surface area contributed by atoms with E-state index in [0.717, 1.165) is 25.3 Å². The second-order valence-corrected chi connectivity index (χ2v) is 8.24. The highest BCUT2D eigenvalue weighted by Crippen LogP contribution is 2.32. The lowest BCUT2D eigenvalue weighted by Gasteiger charge is -2.13. The molecule has 2 aromatic rings. The van der Waals surface area contributed by atoms with E-state index in [4.69, 9.17) is 9.47 Å². The van der Waals surface area contributed by atoms with Crippen molar-refractivity contribution < 1.29 is 32.2 Å². The summed E-state index contributed by atoms with van der Waals surface area (Å²) < 4.78 is 49.8. The van der Waals surface area contributed by atoms with E-state index in [-0.39, 0.29) is 23.3 Å². The number of carbonyl (C=O) groups is 2. The van der Waals surface area contributed by atoms with Gasteiger partial charge in [0.1, 0.15) is 6.61 Å². The minimum absolute atomic E-state index is 0.0348. The molecule has 7 heteroatoms. The number of hydrogen-bond donors (Lipinski definition) is 0. The number of ether oxygens (including phenoxy) is 2. The Balaban J connectivity index is 1.82. The van der Waals surface area contributed by atoms with Crippen LogP contribution in [-0.4, -0.2) is 18.5 Å². The van der Waals surface area contributed by atoms with Gasteiger partial charge in [-0.25, -0.2) is 9.59 Å². The van der Waals surface area contributed by atoms with Crippen LogP contribution in [0.25, 0.3) is 0 Å². The Bertz CT molecular complexity index is 909. The van der Waals surface area contributed by atoms with Crippen molar-refractivity contribution in [1.82, 2.24) is 0 Å². The van der Waals surface area contributed by atoms with Gasteiger partial charge in [-0.2, -0.15) is 13.2 Å². The van der Waals surface area contributed by atoms with Crippen LogP contribution >= 0.6 is 0 Å². The Labute approximate surface area is 199 Å². The number of hydrogen-bond acceptors (Lipinski definition) is 4. The molecule has 0 spiro atoms. The average molecular weight is 479 g/mol. The van der Waals surface area contributed by atoms with Gasteiger partial charge in [0, 0.05) is 5.56 Å². The molecule has 34 heavy (non-hydrogen) atoms. The lowest BCUT2D eigenvalue weighted by Crippen LogP contribution is -2.16. The Morgan fingerprint density at radius 2 is 1.21 bits per heavy atom. The van der Waals surface area contributed by atoms with Crippen LogP contribution in [0, 0.1) is 0 Å². The van der Waals surface area contributed by atoms with Crippen molar-refractivity contribution in [2.45, 2.75) is 77.5 Å². The summed E-state index contributed by atoms with van der Waals surface area (Å²) in [5.41, 5.74) is -1.03. The molecule has 0 saturated heterocycles. The van der Waals surface area contributed by atoms with E-state index in [1.165, 1.54) is 68.9 Å². The van der Waals surface area contributed by atoms with Gasteiger partial charge in [-0.1, -0.05) is 88.6 Å². The van der Waals surface area contributed by atoms with Crippen molar-refractivity contribution in [2.75, 3.05) is 6.61 Å². The molecule has 0 amide bonds. The van der Waals surface area contributed by atoms with Crippen LogP contribution in [0.1, 0.15) is 96.6 Å². The molecular weight excluding hydrogens is 445 g/mol. The van der Waals surface area contributed by atoms with Crippen LogP contribution in [0.5, 0.6) is 0 Å². The highest BCUT2D eigenvalue weighted by atomic mass is 19.4. The Morgan fingerprint density at radius 1 is 0.706 bits per heavy atom. The molecule has 0 aromatic heterocycles. The molecule has 0 N–H and O–H groups in total. The Kier molecular flexibility index (Phi) is 11.6. The number of esters is 2. The molecule has 2 rings (SSSR count). The second kappa shape index (κ2) is 14.4. The molecule has 0 aliphatic heterocycles. The lowest BCUT2D eigenvalue weighted by molar-refractivity contribution is -0.138. The normalized spacial score (nSPS) is 11.3. The van der Waals surface area contributed by atoms with Gasteiger partial charge in [-0.15, -0.1) is 0 Å². The minimum atomic E-state index is -4.56. The van der Waals surface area contributed by atoms with Crippen molar-refractivity contribution in [3.05, 3.63) is 70.8 Å². The molecular formula is C27H33F3O4. The van der Waals surface area contributed by atoms with Crippen molar-refractivity contribution in [1.29, 1.82) is 0 Å². The maximum Gasteiger partial charge on any atom is 0.416 e. The van der Waals surface area contributed by atoms with Gasteiger partial charge in [0.2, 0.25) is 0 Å². The minimum Gasteiger partial charge on any atom is -0.462 e. The first-order chi connectivity index (χ1) is 16.3. The van der Waals surface area contributed by atoms with E-state index < -0.39 is 30.3 Å². The van der Waals surface area contributed by atoms with E-state index in [0.29, 0.717) is 0 Å². The van der Waals surface area contributed by atoms with Crippen LogP contribution < -0.4 is 0 Å². The fraction of sp³-hybridized carbons (Fsp3) is 0.481. The number of unbranched alkanes of at least 4 members (excludes halogenated alkanes) is 8. The van der Waals surface area contributed by atoms with E-state index in [2.05, 4.69) is 6.92 Å².